The number of aryl methyl sites for hydroxylation is 1. The van der Waals surface area contributed by atoms with Crippen LogP contribution >= 0.6 is 0 Å². The highest BCUT2D eigenvalue weighted by Gasteiger charge is 2.36. The van der Waals surface area contributed by atoms with E-state index in [1.54, 1.807) is 38.1 Å². The lowest BCUT2D eigenvalue weighted by Crippen LogP contribution is -2.45. The lowest BCUT2D eigenvalue weighted by atomic mass is 9.84. The van der Waals surface area contributed by atoms with Gasteiger partial charge in [0.25, 0.3) is 5.91 Å². The van der Waals surface area contributed by atoms with Crippen molar-refractivity contribution in [1.29, 1.82) is 0 Å². The van der Waals surface area contributed by atoms with E-state index in [0.29, 0.717) is 35.4 Å². The number of hydrogen-bond donors (Lipinski definition) is 4. The number of benzene rings is 2. The van der Waals surface area contributed by atoms with Crippen LogP contribution < -0.4 is 20.1 Å². The summed E-state index contributed by atoms with van der Waals surface area (Å²) in [6.45, 7) is 5.09. The minimum Gasteiger partial charge on any atom is -0.496 e. The number of nitrogens with one attached hydrogen (secondary N) is 2. The summed E-state index contributed by atoms with van der Waals surface area (Å²) in [6.07, 6.45) is 0.839. The van der Waals surface area contributed by atoms with E-state index in [9.17, 15) is 29.4 Å². The van der Waals surface area contributed by atoms with Gasteiger partial charge in [-0.05, 0) is 62.9 Å². The molecule has 3 rings (SSSR count). The minimum atomic E-state index is -1.19. The van der Waals surface area contributed by atoms with Gasteiger partial charge in [-0.3, -0.25) is 19.2 Å². The average Bonchev–Trinajstić information content (AvgIpc) is 3.28. The molecule has 0 spiro atoms. The number of para-hydroxylation sites is 1. The van der Waals surface area contributed by atoms with Crippen molar-refractivity contribution >= 4 is 34.7 Å². The van der Waals surface area contributed by atoms with Crippen LogP contribution in [0.25, 0.3) is 10.9 Å². The van der Waals surface area contributed by atoms with Gasteiger partial charge in [-0.25, -0.2) is 0 Å². The van der Waals surface area contributed by atoms with Crippen LogP contribution in [0.1, 0.15) is 54.7 Å². The smallest absolute Gasteiger partial charge is 0.323 e. The van der Waals surface area contributed by atoms with Crippen molar-refractivity contribution < 1.29 is 38.9 Å². The summed E-state index contributed by atoms with van der Waals surface area (Å²) < 4.78 is 12.8. The number of fused-ring (bicyclic) bond motifs is 1. The van der Waals surface area contributed by atoms with Gasteiger partial charge in [0.15, 0.2) is 0 Å². The number of carbonyl (C=O) groups is 4. The van der Waals surface area contributed by atoms with Gasteiger partial charge in [-0.1, -0.05) is 25.1 Å². The average molecular weight is 568 g/mol. The van der Waals surface area contributed by atoms with Gasteiger partial charge in [0.05, 0.1) is 25.3 Å². The summed E-state index contributed by atoms with van der Waals surface area (Å²) in [5.41, 5.74) is 1.13. The van der Waals surface area contributed by atoms with Crippen LogP contribution in [0.15, 0.2) is 42.5 Å². The summed E-state index contributed by atoms with van der Waals surface area (Å²) in [6, 6.07) is 12.4. The standard InChI is InChI=1S/C30H37N3O8/c1-6-20(29(38)39)27(36)31-13-9-12-30(3,26-23(40-4)14-18(2)15-24(26)41-5)32-28(37)22-16-19-10-7-8-11-21(19)33(22)17-25(34)35/h7-8,10-11,14-16,20H,6,9,12-13,17H2,1-5H3,(H,31,36)(H,32,37)(H,34,35)(H,38,39). The van der Waals surface area contributed by atoms with E-state index in [-0.39, 0.29) is 18.7 Å². The molecule has 1 heterocycles. The van der Waals surface area contributed by atoms with Gasteiger partial charge < -0.3 is 34.9 Å². The first-order chi connectivity index (χ1) is 19.4. The highest BCUT2D eigenvalue weighted by Crippen LogP contribution is 2.41. The molecule has 3 aromatic rings. The molecule has 2 aromatic carbocycles. The van der Waals surface area contributed by atoms with Crippen LogP contribution in [0.3, 0.4) is 0 Å². The van der Waals surface area contributed by atoms with E-state index in [0.717, 1.165) is 10.9 Å². The van der Waals surface area contributed by atoms with Crippen molar-refractivity contribution in [3.63, 3.8) is 0 Å². The number of amides is 2. The fourth-order valence-electron chi connectivity index (χ4n) is 5.10. The topological polar surface area (TPSA) is 156 Å². The number of hydrogen-bond acceptors (Lipinski definition) is 6. The molecule has 1 aromatic heterocycles. The second-order valence-corrected chi connectivity index (χ2v) is 10.1. The Bertz CT molecular complexity index is 1420. The van der Waals surface area contributed by atoms with E-state index in [4.69, 9.17) is 9.47 Å². The predicted molar refractivity (Wildman–Crippen MR) is 152 cm³/mol. The maximum atomic E-state index is 13.9. The normalized spacial score (nSPS) is 13.2. The summed E-state index contributed by atoms with van der Waals surface area (Å²) in [5, 5.41) is 25.3. The number of ether oxygens (including phenoxy) is 2. The number of nitrogens with zero attached hydrogens (tertiary/aromatic N) is 1. The summed E-state index contributed by atoms with van der Waals surface area (Å²) in [4.78, 5) is 49.3. The molecule has 4 N–H and O–H groups in total. The molecule has 0 saturated heterocycles. The van der Waals surface area contributed by atoms with E-state index in [1.807, 2.05) is 25.1 Å². The Labute approximate surface area is 238 Å². The summed E-state index contributed by atoms with van der Waals surface area (Å²) in [5.74, 6) is -3.53. The molecule has 0 bridgehead atoms. The fourth-order valence-corrected chi connectivity index (χ4v) is 5.10. The Morgan fingerprint density at radius 1 is 1.02 bits per heavy atom. The first-order valence-corrected chi connectivity index (χ1v) is 13.3. The van der Waals surface area contributed by atoms with Crippen molar-refractivity contribution in [2.45, 2.75) is 52.1 Å². The van der Waals surface area contributed by atoms with Gasteiger partial charge in [0.1, 0.15) is 29.7 Å². The highest BCUT2D eigenvalue weighted by molar-refractivity contribution is 6.00. The van der Waals surface area contributed by atoms with Gasteiger partial charge in [-0.15, -0.1) is 0 Å². The van der Waals surface area contributed by atoms with Gasteiger partial charge in [-0.2, -0.15) is 0 Å². The number of methoxy groups -OCH3 is 2. The van der Waals surface area contributed by atoms with Crippen LogP contribution in [0.2, 0.25) is 0 Å². The maximum absolute atomic E-state index is 13.9. The van der Waals surface area contributed by atoms with Gasteiger partial charge in [0.2, 0.25) is 5.91 Å². The number of carbonyl (C=O) groups excluding carboxylic acids is 2. The molecule has 41 heavy (non-hydrogen) atoms. The number of aromatic nitrogens is 1. The van der Waals surface area contributed by atoms with E-state index < -0.39 is 41.8 Å². The second-order valence-electron chi connectivity index (χ2n) is 10.1. The SMILES string of the molecule is CCC(C(=O)O)C(=O)NCCCC(C)(NC(=O)c1cc2ccccc2n1CC(=O)O)c1c(OC)cc(C)cc1OC. The molecule has 11 heteroatoms. The van der Waals surface area contributed by atoms with Crippen molar-refractivity contribution in [2.75, 3.05) is 20.8 Å². The highest BCUT2D eigenvalue weighted by atomic mass is 16.5. The third-order valence-corrected chi connectivity index (χ3v) is 7.10. The Morgan fingerprint density at radius 2 is 1.66 bits per heavy atom. The van der Waals surface area contributed by atoms with E-state index >= 15 is 0 Å². The molecule has 0 radical (unpaired) electrons. The molecular weight excluding hydrogens is 530 g/mol. The minimum absolute atomic E-state index is 0.164. The molecule has 2 unspecified atom stereocenters. The summed E-state index contributed by atoms with van der Waals surface area (Å²) in [7, 11) is 3.03. The Hall–Kier alpha value is -4.54. The Morgan fingerprint density at radius 3 is 2.22 bits per heavy atom. The van der Waals surface area contributed by atoms with E-state index in [2.05, 4.69) is 10.6 Å². The fraction of sp³-hybridized carbons (Fsp3) is 0.400. The monoisotopic (exact) mass is 567 g/mol. The third kappa shape index (κ3) is 6.97. The molecule has 11 nitrogen and oxygen atoms in total. The first-order valence-electron chi connectivity index (χ1n) is 13.3. The van der Waals surface area contributed by atoms with Crippen molar-refractivity contribution in [3.8, 4) is 11.5 Å². The second kappa shape index (κ2) is 13.2. The molecule has 2 amide bonds. The largest absolute Gasteiger partial charge is 0.496 e. The van der Waals surface area contributed by atoms with Crippen LogP contribution in [0.5, 0.6) is 11.5 Å². The molecule has 0 saturated carbocycles. The maximum Gasteiger partial charge on any atom is 0.323 e. The van der Waals surface area contributed by atoms with Crippen molar-refractivity contribution in [1.82, 2.24) is 15.2 Å². The molecule has 0 fully saturated rings. The summed E-state index contributed by atoms with van der Waals surface area (Å²) >= 11 is 0. The van der Waals surface area contributed by atoms with Crippen LogP contribution in [-0.2, 0) is 26.5 Å². The van der Waals surface area contributed by atoms with Crippen molar-refractivity contribution in [3.05, 3.63) is 59.3 Å². The van der Waals surface area contributed by atoms with Crippen LogP contribution in [0, 0.1) is 12.8 Å². The predicted octanol–water partition coefficient (Wildman–Crippen LogP) is 3.70. The lowest BCUT2D eigenvalue weighted by Gasteiger charge is -2.34. The zero-order valence-corrected chi connectivity index (χ0v) is 23.9. The first kappa shape index (κ1) is 31.0. The van der Waals surface area contributed by atoms with Crippen LogP contribution in [0.4, 0.5) is 0 Å². The Balaban J connectivity index is 2.00. The molecule has 0 aliphatic rings. The number of carboxylic acids is 2. The van der Waals surface area contributed by atoms with Gasteiger partial charge >= 0.3 is 11.9 Å². The van der Waals surface area contributed by atoms with Gasteiger partial charge in [0, 0.05) is 17.4 Å². The van der Waals surface area contributed by atoms with E-state index in [1.165, 1.54) is 18.8 Å². The Kier molecular flexibility index (Phi) is 9.99. The number of carboxylic acid groups (broad SMARTS) is 2. The zero-order chi connectivity index (χ0) is 30.3. The molecular formula is C30H37N3O8. The lowest BCUT2D eigenvalue weighted by molar-refractivity contribution is -0.147. The molecule has 220 valence electrons. The molecule has 0 aliphatic heterocycles. The van der Waals surface area contributed by atoms with Crippen LogP contribution in [-0.4, -0.2) is 59.3 Å². The quantitative estimate of drug-likeness (QED) is 0.170. The molecule has 2 atom stereocenters. The van der Waals surface area contributed by atoms with Crippen molar-refractivity contribution in [2.24, 2.45) is 5.92 Å². The molecule has 0 aliphatic carbocycles. The third-order valence-electron chi connectivity index (χ3n) is 7.10. The number of aliphatic carboxylic acids is 2. The number of rotatable bonds is 14. The zero-order valence-electron chi connectivity index (χ0n) is 23.9.